The fourth-order valence-corrected chi connectivity index (χ4v) is 8.66. The van der Waals surface area contributed by atoms with E-state index in [1.165, 1.54) is 29.7 Å². The molecule has 184 valence electrons. The molecule has 6 atom stereocenters. The number of imide groups is 1. The zero-order valence-electron chi connectivity index (χ0n) is 20.5. The first-order valence-corrected chi connectivity index (χ1v) is 14.2. The van der Waals surface area contributed by atoms with Gasteiger partial charge in [0.2, 0.25) is 11.8 Å². The fraction of sp³-hybridized carbons (Fsp3) is 0.741. The summed E-state index contributed by atoms with van der Waals surface area (Å²) in [5.74, 6) is 3.52. The number of piperazine rings is 1. The van der Waals surface area contributed by atoms with Crippen molar-refractivity contribution in [2.75, 3.05) is 44.2 Å². The van der Waals surface area contributed by atoms with Gasteiger partial charge in [0, 0.05) is 49.7 Å². The fourth-order valence-electron chi connectivity index (χ4n) is 7.95. The van der Waals surface area contributed by atoms with Crippen molar-refractivity contribution < 1.29 is 9.59 Å². The van der Waals surface area contributed by atoms with Crippen LogP contribution in [-0.4, -0.2) is 65.3 Å². The Balaban J connectivity index is 1.07. The third kappa shape index (κ3) is 3.74. The standard InChI is InChI=1S/C27H38N4O2S/c1-3-22-17(2)34-28-25(22)30-12-10-29(11-13-30)15-20-6-4-5-7-21(20)16-31-26(32)23-18-8-9-19(14-18)24(23)27(31)33/h3,18-21,23-24H,1,4-16H2,2H3/t18-,19+,20-,21-,23+,24-/m0/s1. The predicted molar refractivity (Wildman–Crippen MR) is 136 cm³/mol. The van der Waals surface area contributed by atoms with Crippen LogP contribution >= 0.6 is 11.5 Å². The van der Waals surface area contributed by atoms with Crippen LogP contribution in [0.2, 0.25) is 0 Å². The van der Waals surface area contributed by atoms with E-state index in [1.54, 1.807) is 16.4 Å². The summed E-state index contributed by atoms with van der Waals surface area (Å²) in [5, 5.41) is 0. The zero-order valence-corrected chi connectivity index (χ0v) is 21.3. The van der Waals surface area contributed by atoms with E-state index in [9.17, 15) is 9.59 Å². The molecule has 3 aliphatic carbocycles. The number of carbonyl (C=O) groups is 2. The van der Waals surface area contributed by atoms with Gasteiger partial charge in [0.25, 0.3) is 0 Å². The second-order valence-electron chi connectivity index (χ2n) is 11.4. The lowest BCUT2D eigenvalue weighted by Gasteiger charge is -2.40. The van der Waals surface area contributed by atoms with E-state index in [0.717, 1.165) is 64.2 Å². The highest BCUT2D eigenvalue weighted by Crippen LogP contribution is 2.56. The molecule has 7 heteroatoms. The number of aromatic nitrogens is 1. The zero-order chi connectivity index (χ0) is 23.4. The van der Waals surface area contributed by atoms with E-state index in [2.05, 4.69) is 27.7 Å². The van der Waals surface area contributed by atoms with Crippen LogP contribution in [-0.2, 0) is 9.59 Å². The minimum atomic E-state index is 0.0242. The third-order valence-corrected chi connectivity index (χ3v) is 10.5. The van der Waals surface area contributed by atoms with E-state index < -0.39 is 0 Å². The number of likely N-dealkylation sites (tertiary alicyclic amines) is 1. The number of rotatable bonds is 6. The Labute approximate surface area is 207 Å². The van der Waals surface area contributed by atoms with Crippen LogP contribution < -0.4 is 4.90 Å². The predicted octanol–water partition coefficient (Wildman–Crippen LogP) is 4.05. The van der Waals surface area contributed by atoms with Gasteiger partial charge in [0.15, 0.2) is 0 Å². The van der Waals surface area contributed by atoms with Crippen LogP contribution in [0.4, 0.5) is 5.82 Å². The molecule has 34 heavy (non-hydrogen) atoms. The lowest BCUT2D eigenvalue weighted by Crippen LogP contribution is -2.50. The molecular weight excluding hydrogens is 444 g/mol. The summed E-state index contributed by atoms with van der Waals surface area (Å²) in [6.45, 7) is 12.0. The summed E-state index contributed by atoms with van der Waals surface area (Å²) in [4.78, 5) is 34.5. The third-order valence-electron chi connectivity index (χ3n) is 9.76. The van der Waals surface area contributed by atoms with E-state index in [-0.39, 0.29) is 23.7 Å². The molecule has 6 nitrogen and oxygen atoms in total. The van der Waals surface area contributed by atoms with Gasteiger partial charge in [-0.25, -0.2) is 0 Å². The smallest absolute Gasteiger partial charge is 0.233 e. The molecule has 0 aromatic carbocycles. The van der Waals surface area contributed by atoms with Gasteiger partial charge in [-0.15, -0.1) is 0 Å². The van der Waals surface area contributed by atoms with Gasteiger partial charge in [-0.3, -0.25) is 19.4 Å². The van der Waals surface area contributed by atoms with E-state index in [4.69, 9.17) is 0 Å². The largest absolute Gasteiger partial charge is 0.353 e. The monoisotopic (exact) mass is 482 g/mol. The van der Waals surface area contributed by atoms with Crippen molar-refractivity contribution in [1.29, 1.82) is 0 Å². The molecule has 5 fully saturated rings. The van der Waals surface area contributed by atoms with Gasteiger partial charge in [0.1, 0.15) is 5.82 Å². The maximum Gasteiger partial charge on any atom is 0.233 e. The van der Waals surface area contributed by atoms with Crippen molar-refractivity contribution in [2.24, 2.45) is 35.5 Å². The summed E-state index contributed by atoms with van der Waals surface area (Å²) in [6.07, 6.45) is 10.3. The van der Waals surface area contributed by atoms with E-state index >= 15 is 0 Å². The molecular formula is C27H38N4O2S. The quantitative estimate of drug-likeness (QED) is 0.573. The van der Waals surface area contributed by atoms with Crippen molar-refractivity contribution >= 4 is 35.2 Å². The van der Waals surface area contributed by atoms with Crippen molar-refractivity contribution in [3.63, 3.8) is 0 Å². The minimum Gasteiger partial charge on any atom is -0.353 e. The maximum atomic E-state index is 13.3. The average molecular weight is 483 g/mol. The lowest BCUT2D eigenvalue weighted by molar-refractivity contribution is -0.142. The molecule has 0 N–H and O–H groups in total. The molecule has 2 amide bonds. The normalized spacial score (nSPS) is 35.9. The summed E-state index contributed by atoms with van der Waals surface area (Å²) in [7, 11) is 0. The molecule has 1 aromatic heterocycles. The summed E-state index contributed by atoms with van der Waals surface area (Å²) >= 11 is 1.57. The Morgan fingerprint density at radius 2 is 1.56 bits per heavy atom. The molecule has 2 saturated heterocycles. The van der Waals surface area contributed by atoms with Crippen LogP contribution in [0.15, 0.2) is 6.58 Å². The molecule has 2 bridgehead atoms. The molecule has 0 spiro atoms. The Morgan fingerprint density at radius 3 is 2.18 bits per heavy atom. The SMILES string of the molecule is C=Cc1c(N2CCN(C[C@@H]3CCCC[C@H]3CN3C(=O)[C@@H]4[C@H]5CC[C@H](C5)[C@@H]4C3=O)CC2)nsc1C. The summed E-state index contributed by atoms with van der Waals surface area (Å²) < 4.78 is 4.68. The molecule has 6 rings (SSSR count). The van der Waals surface area contributed by atoms with Crippen LogP contribution in [0.25, 0.3) is 6.08 Å². The number of aryl methyl sites for hydroxylation is 1. The van der Waals surface area contributed by atoms with Crippen molar-refractivity contribution in [3.8, 4) is 0 Å². The second-order valence-corrected chi connectivity index (χ2v) is 12.4. The molecule has 1 aromatic rings. The van der Waals surface area contributed by atoms with E-state index in [1.807, 2.05) is 6.08 Å². The maximum absolute atomic E-state index is 13.3. The van der Waals surface area contributed by atoms with Crippen LogP contribution in [0, 0.1) is 42.4 Å². The second kappa shape index (κ2) is 9.05. The first-order valence-electron chi connectivity index (χ1n) is 13.5. The number of anilines is 1. The van der Waals surface area contributed by atoms with Gasteiger partial charge in [-0.1, -0.05) is 25.5 Å². The molecule has 0 radical (unpaired) electrons. The molecule has 2 aliphatic heterocycles. The molecule has 5 aliphatic rings. The first-order chi connectivity index (χ1) is 16.5. The Hall–Kier alpha value is -1.73. The minimum absolute atomic E-state index is 0.0242. The van der Waals surface area contributed by atoms with Gasteiger partial charge >= 0.3 is 0 Å². The van der Waals surface area contributed by atoms with Crippen molar-refractivity contribution in [3.05, 3.63) is 17.0 Å². The highest BCUT2D eigenvalue weighted by molar-refractivity contribution is 7.06. The van der Waals surface area contributed by atoms with Gasteiger partial charge < -0.3 is 4.90 Å². The summed E-state index contributed by atoms with van der Waals surface area (Å²) in [5.41, 5.74) is 1.18. The summed E-state index contributed by atoms with van der Waals surface area (Å²) in [6, 6.07) is 0. The lowest BCUT2D eigenvalue weighted by atomic mass is 9.78. The molecule has 3 heterocycles. The topological polar surface area (TPSA) is 56.8 Å². The molecule has 3 saturated carbocycles. The van der Waals surface area contributed by atoms with Crippen LogP contribution in [0.3, 0.4) is 0 Å². The van der Waals surface area contributed by atoms with Crippen molar-refractivity contribution in [2.45, 2.75) is 51.9 Å². The number of amides is 2. The number of fused-ring (bicyclic) bond motifs is 5. The number of hydrogen-bond donors (Lipinski definition) is 0. The number of hydrogen-bond acceptors (Lipinski definition) is 6. The Morgan fingerprint density at radius 1 is 0.941 bits per heavy atom. The van der Waals surface area contributed by atoms with Crippen LogP contribution in [0.1, 0.15) is 55.4 Å². The molecule has 0 unspecified atom stereocenters. The van der Waals surface area contributed by atoms with Gasteiger partial charge in [0.05, 0.1) is 11.8 Å². The average Bonchev–Trinajstić information content (AvgIpc) is 3.61. The highest BCUT2D eigenvalue weighted by atomic mass is 32.1. The number of nitrogens with zero attached hydrogens (tertiary/aromatic N) is 4. The Kier molecular flexibility index (Phi) is 6.05. The highest BCUT2D eigenvalue weighted by Gasteiger charge is 2.61. The first kappa shape index (κ1) is 22.7. The van der Waals surface area contributed by atoms with Gasteiger partial charge in [-0.2, -0.15) is 4.37 Å². The number of carbonyl (C=O) groups excluding carboxylic acids is 2. The Bertz CT molecular complexity index is 940. The van der Waals surface area contributed by atoms with Crippen LogP contribution in [0.5, 0.6) is 0 Å². The van der Waals surface area contributed by atoms with Crippen molar-refractivity contribution in [1.82, 2.24) is 14.2 Å². The van der Waals surface area contributed by atoms with E-state index in [0.29, 0.717) is 30.2 Å². The van der Waals surface area contributed by atoms with Gasteiger partial charge in [-0.05, 0) is 74.2 Å².